The van der Waals surface area contributed by atoms with E-state index in [1.165, 1.54) is 0 Å². The molecule has 0 spiro atoms. The Bertz CT molecular complexity index is 898. The Kier molecular flexibility index (Phi) is 6.03. The van der Waals surface area contributed by atoms with Crippen molar-refractivity contribution < 1.29 is 9.15 Å². The molecule has 28 heavy (non-hydrogen) atoms. The van der Waals surface area contributed by atoms with Crippen LogP contribution >= 0.6 is 23.1 Å². The number of thioether (sulfide) groups is 1. The van der Waals surface area contributed by atoms with Crippen molar-refractivity contribution in [3.8, 4) is 10.8 Å². The second-order valence-corrected chi connectivity index (χ2v) is 9.06. The van der Waals surface area contributed by atoms with Crippen molar-refractivity contribution in [2.45, 2.75) is 38.2 Å². The Balaban J connectivity index is 1.52. The van der Waals surface area contributed by atoms with Crippen LogP contribution < -0.4 is 4.90 Å². The normalized spacial score (nSPS) is 14.9. The predicted octanol–water partition coefficient (Wildman–Crippen LogP) is 4.09. The molecule has 0 unspecified atom stereocenters. The van der Waals surface area contributed by atoms with E-state index < -0.39 is 0 Å². The lowest BCUT2D eigenvalue weighted by atomic mass is 10.2. The van der Waals surface area contributed by atoms with Gasteiger partial charge < -0.3 is 14.1 Å². The van der Waals surface area contributed by atoms with Crippen LogP contribution in [0.5, 0.6) is 0 Å². The number of anilines is 1. The molecule has 0 radical (unpaired) electrons. The lowest BCUT2D eigenvalue weighted by Gasteiger charge is -2.28. The quantitative estimate of drug-likeness (QED) is 0.534. The van der Waals surface area contributed by atoms with Gasteiger partial charge in [-0.25, -0.2) is 4.98 Å². The van der Waals surface area contributed by atoms with Crippen LogP contribution in [0.4, 0.5) is 5.95 Å². The monoisotopic (exact) mass is 419 g/mol. The fraction of sp³-hybridized carbons (Fsp3) is 0.526. The minimum atomic E-state index is 0.509. The molecule has 1 fully saturated rings. The summed E-state index contributed by atoms with van der Waals surface area (Å²) in [6, 6.07) is 4.04. The Morgan fingerprint density at radius 3 is 2.79 bits per heavy atom. The third-order valence-corrected chi connectivity index (χ3v) is 6.34. The van der Waals surface area contributed by atoms with E-state index in [4.69, 9.17) is 14.1 Å². The van der Waals surface area contributed by atoms with Crippen LogP contribution in [0.2, 0.25) is 0 Å². The molecule has 4 rings (SSSR count). The molecule has 1 aliphatic rings. The largest absolute Gasteiger partial charge is 0.440 e. The highest BCUT2D eigenvalue weighted by Gasteiger charge is 2.22. The van der Waals surface area contributed by atoms with Crippen molar-refractivity contribution in [1.82, 2.24) is 19.7 Å². The minimum absolute atomic E-state index is 0.509. The Hall–Kier alpha value is -1.84. The third-order valence-electron chi connectivity index (χ3n) is 4.50. The summed E-state index contributed by atoms with van der Waals surface area (Å²) in [6.07, 6.45) is 0. The van der Waals surface area contributed by atoms with Crippen LogP contribution in [0.3, 0.4) is 0 Å². The first kappa shape index (κ1) is 19.5. The van der Waals surface area contributed by atoms with E-state index in [-0.39, 0.29) is 0 Å². The average molecular weight is 420 g/mol. The first-order chi connectivity index (χ1) is 13.6. The van der Waals surface area contributed by atoms with E-state index >= 15 is 0 Å². The van der Waals surface area contributed by atoms with Crippen molar-refractivity contribution in [3.63, 3.8) is 0 Å². The number of morpholine rings is 1. The summed E-state index contributed by atoms with van der Waals surface area (Å²) in [7, 11) is 0. The number of ether oxygens (including phenoxy) is 1. The second-order valence-electron chi connectivity index (χ2n) is 7.17. The Morgan fingerprint density at radius 1 is 1.25 bits per heavy atom. The summed E-state index contributed by atoms with van der Waals surface area (Å²) in [5.74, 6) is 3.71. The van der Waals surface area contributed by atoms with E-state index in [0.29, 0.717) is 17.6 Å². The van der Waals surface area contributed by atoms with Crippen molar-refractivity contribution in [3.05, 3.63) is 29.0 Å². The van der Waals surface area contributed by atoms with Crippen LogP contribution in [-0.4, -0.2) is 46.1 Å². The highest BCUT2D eigenvalue weighted by Crippen LogP contribution is 2.30. The van der Waals surface area contributed by atoms with Gasteiger partial charge >= 0.3 is 0 Å². The lowest BCUT2D eigenvalue weighted by Crippen LogP contribution is -2.38. The van der Waals surface area contributed by atoms with Gasteiger partial charge in [-0.3, -0.25) is 4.57 Å². The van der Waals surface area contributed by atoms with Crippen LogP contribution in [-0.2, 0) is 17.0 Å². The van der Waals surface area contributed by atoms with Gasteiger partial charge in [-0.2, -0.15) is 0 Å². The number of rotatable bonds is 7. The van der Waals surface area contributed by atoms with E-state index in [0.717, 1.165) is 60.3 Å². The van der Waals surface area contributed by atoms with Crippen molar-refractivity contribution in [2.75, 3.05) is 31.2 Å². The van der Waals surface area contributed by atoms with Crippen molar-refractivity contribution in [1.29, 1.82) is 0 Å². The summed E-state index contributed by atoms with van der Waals surface area (Å²) in [6.45, 7) is 10.5. The number of oxazole rings is 1. The van der Waals surface area contributed by atoms with Crippen LogP contribution in [0.25, 0.3) is 10.8 Å². The summed E-state index contributed by atoms with van der Waals surface area (Å²) < 4.78 is 13.6. The van der Waals surface area contributed by atoms with Gasteiger partial charge in [0.15, 0.2) is 5.16 Å². The van der Waals surface area contributed by atoms with Crippen molar-refractivity contribution in [2.24, 2.45) is 5.92 Å². The molecule has 0 aromatic carbocycles. The fourth-order valence-electron chi connectivity index (χ4n) is 3.11. The van der Waals surface area contributed by atoms with Gasteiger partial charge in [-0.05, 0) is 24.3 Å². The zero-order valence-electron chi connectivity index (χ0n) is 16.4. The van der Waals surface area contributed by atoms with E-state index in [1.807, 2.05) is 24.4 Å². The molecular weight excluding hydrogens is 394 g/mol. The molecule has 150 valence electrons. The molecule has 1 saturated heterocycles. The second kappa shape index (κ2) is 8.67. The fourth-order valence-corrected chi connectivity index (χ4v) is 4.70. The molecule has 0 N–H and O–H groups in total. The number of aryl methyl sites for hydroxylation is 1. The van der Waals surface area contributed by atoms with Crippen LogP contribution in [0.15, 0.2) is 27.1 Å². The summed E-state index contributed by atoms with van der Waals surface area (Å²) in [5.41, 5.74) is 0.959. The maximum absolute atomic E-state index is 5.86. The van der Waals surface area contributed by atoms with E-state index in [1.54, 1.807) is 23.1 Å². The summed E-state index contributed by atoms with van der Waals surface area (Å²) in [5, 5.41) is 11.9. The molecule has 4 heterocycles. The lowest BCUT2D eigenvalue weighted by molar-refractivity contribution is 0.121. The van der Waals surface area contributed by atoms with E-state index in [9.17, 15) is 0 Å². The van der Waals surface area contributed by atoms with Gasteiger partial charge in [0.2, 0.25) is 11.8 Å². The average Bonchev–Trinajstić information content (AvgIpc) is 3.41. The SMILES string of the molecule is Cc1oc(-c2cccs2)nc1CSc1nnc(N2CCOCC2)n1CC(C)C. The molecule has 9 heteroatoms. The number of aromatic nitrogens is 4. The number of nitrogens with zero attached hydrogens (tertiary/aromatic N) is 5. The molecular formula is C19H25N5O2S2. The van der Waals surface area contributed by atoms with Crippen molar-refractivity contribution >= 4 is 29.0 Å². The molecule has 0 atom stereocenters. The number of hydrogen-bond acceptors (Lipinski definition) is 8. The Labute approximate surface area is 173 Å². The first-order valence-corrected chi connectivity index (χ1v) is 11.4. The van der Waals surface area contributed by atoms with Gasteiger partial charge in [0.1, 0.15) is 5.76 Å². The summed E-state index contributed by atoms with van der Waals surface area (Å²) in [4.78, 5) is 8.01. The third kappa shape index (κ3) is 4.26. The van der Waals surface area contributed by atoms with Gasteiger partial charge in [-0.1, -0.05) is 31.7 Å². The molecule has 0 saturated carbocycles. The molecule has 0 amide bonds. The highest BCUT2D eigenvalue weighted by molar-refractivity contribution is 7.98. The molecule has 0 aliphatic carbocycles. The van der Waals surface area contributed by atoms with Gasteiger partial charge in [0.25, 0.3) is 0 Å². The van der Waals surface area contributed by atoms with Gasteiger partial charge in [0.05, 0.1) is 23.8 Å². The van der Waals surface area contributed by atoms with Gasteiger partial charge in [-0.15, -0.1) is 21.5 Å². The Morgan fingerprint density at radius 2 is 2.07 bits per heavy atom. The molecule has 7 nitrogen and oxygen atoms in total. The molecule has 1 aliphatic heterocycles. The molecule has 3 aromatic rings. The predicted molar refractivity (Wildman–Crippen MR) is 112 cm³/mol. The van der Waals surface area contributed by atoms with Crippen LogP contribution in [0, 0.1) is 12.8 Å². The number of hydrogen-bond donors (Lipinski definition) is 0. The zero-order chi connectivity index (χ0) is 19.5. The highest BCUT2D eigenvalue weighted by atomic mass is 32.2. The molecule has 3 aromatic heterocycles. The minimum Gasteiger partial charge on any atom is -0.440 e. The maximum atomic E-state index is 5.86. The molecule has 0 bridgehead atoms. The standard InChI is InChI=1S/C19H25N5O2S2/c1-13(2)11-24-18(23-6-8-25-9-7-23)21-22-19(24)28-12-15-14(3)26-17(20-15)16-5-4-10-27-16/h4-5,10,13H,6-9,11-12H2,1-3H3. The first-order valence-electron chi connectivity index (χ1n) is 9.50. The van der Waals surface area contributed by atoms with E-state index in [2.05, 4.69) is 33.5 Å². The van der Waals surface area contributed by atoms with Crippen LogP contribution in [0.1, 0.15) is 25.3 Å². The van der Waals surface area contributed by atoms with Gasteiger partial charge in [0, 0.05) is 25.4 Å². The topological polar surface area (TPSA) is 69.2 Å². The smallest absolute Gasteiger partial charge is 0.236 e. The maximum Gasteiger partial charge on any atom is 0.236 e. The number of thiophene rings is 1. The summed E-state index contributed by atoms with van der Waals surface area (Å²) >= 11 is 3.30. The zero-order valence-corrected chi connectivity index (χ0v) is 18.1.